The van der Waals surface area contributed by atoms with Crippen LogP contribution in [0.3, 0.4) is 0 Å². The standard InChI is InChI=1S/C9H12O3S.C5H6Br2N2/c1-6-4-7(2)9(8(3)5-6)13(10,11)12;6-4-1-5(7)3-9(8)2-4/h4-5H,1-3H3,(H,10,11,12);1-2H,3,8H2. The highest BCUT2D eigenvalue weighted by Crippen LogP contribution is 2.21. The smallest absolute Gasteiger partial charge is 0.295 e. The van der Waals surface area contributed by atoms with Crippen molar-refractivity contribution < 1.29 is 13.0 Å². The molecule has 1 aliphatic heterocycles. The average Bonchev–Trinajstić information content (AvgIpc) is 2.23. The van der Waals surface area contributed by atoms with Gasteiger partial charge in [-0.25, -0.2) is 5.84 Å². The number of benzene rings is 1. The number of hydrazine groups is 1. The molecule has 1 aromatic carbocycles. The van der Waals surface area contributed by atoms with Gasteiger partial charge in [0.2, 0.25) is 0 Å². The highest BCUT2D eigenvalue weighted by molar-refractivity contribution is 9.12. The Hall–Kier alpha value is -0.670. The van der Waals surface area contributed by atoms with Crippen molar-refractivity contribution in [2.24, 2.45) is 5.84 Å². The number of allylic oxidation sites excluding steroid dienone is 2. The van der Waals surface area contributed by atoms with Gasteiger partial charge in [0.05, 0.1) is 11.4 Å². The molecule has 8 heteroatoms. The Morgan fingerprint density at radius 2 is 1.68 bits per heavy atom. The molecule has 0 saturated carbocycles. The van der Waals surface area contributed by atoms with Crippen molar-refractivity contribution in [3.8, 4) is 0 Å². The lowest BCUT2D eigenvalue weighted by Gasteiger charge is -2.17. The van der Waals surface area contributed by atoms with Crippen LogP contribution in [0.1, 0.15) is 16.7 Å². The molecule has 2 rings (SSSR count). The van der Waals surface area contributed by atoms with Crippen molar-refractivity contribution in [2.75, 3.05) is 6.54 Å². The van der Waals surface area contributed by atoms with E-state index in [1.54, 1.807) is 31.0 Å². The van der Waals surface area contributed by atoms with Crippen LogP contribution in [0.15, 0.2) is 38.3 Å². The quantitative estimate of drug-likeness (QED) is 0.501. The average molecular weight is 454 g/mol. The topological polar surface area (TPSA) is 83.6 Å². The van der Waals surface area contributed by atoms with E-state index in [2.05, 4.69) is 31.9 Å². The van der Waals surface area contributed by atoms with E-state index in [9.17, 15) is 8.42 Å². The van der Waals surface area contributed by atoms with Gasteiger partial charge in [-0.1, -0.05) is 33.6 Å². The zero-order valence-electron chi connectivity index (χ0n) is 12.5. The van der Waals surface area contributed by atoms with Crippen molar-refractivity contribution in [3.63, 3.8) is 0 Å². The molecule has 122 valence electrons. The zero-order valence-corrected chi connectivity index (χ0v) is 16.5. The molecule has 3 N–H and O–H groups in total. The maximum atomic E-state index is 10.9. The molecular weight excluding hydrogens is 436 g/mol. The lowest BCUT2D eigenvalue weighted by Crippen LogP contribution is -2.28. The lowest BCUT2D eigenvalue weighted by atomic mass is 10.1. The summed E-state index contributed by atoms with van der Waals surface area (Å²) in [7, 11) is -4.08. The second-order valence-electron chi connectivity index (χ2n) is 4.98. The van der Waals surface area contributed by atoms with Crippen LogP contribution >= 0.6 is 31.9 Å². The van der Waals surface area contributed by atoms with Gasteiger partial charge in [0.1, 0.15) is 0 Å². The fraction of sp³-hybridized carbons (Fsp3) is 0.286. The molecule has 0 spiro atoms. The number of nitrogens with two attached hydrogens (primary N) is 1. The van der Waals surface area contributed by atoms with Crippen LogP contribution in [0.25, 0.3) is 0 Å². The highest BCUT2D eigenvalue weighted by Gasteiger charge is 2.15. The van der Waals surface area contributed by atoms with Crippen molar-refractivity contribution in [1.82, 2.24) is 5.01 Å². The Morgan fingerprint density at radius 1 is 1.18 bits per heavy atom. The summed E-state index contributed by atoms with van der Waals surface area (Å²) in [5.41, 5.74) is 2.16. The minimum Gasteiger partial charge on any atom is -0.312 e. The first-order chi connectivity index (χ1) is 10.0. The minimum atomic E-state index is -4.08. The van der Waals surface area contributed by atoms with E-state index in [0.29, 0.717) is 11.1 Å². The van der Waals surface area contributed by atoms with E-state index in [4.69, 9.17) is 10.4 Å². The predicted octanol–water partition coefficient (Wildman–Crippen LogP) is 3.55. The summed E-state index contributed by atoms with van der Waals surface area (Å²) in [5, 5.41) is 1.61. The molecule has 0 aromatic heterocycles. The van der Waals surface area contributed by atoms with Gasteiger partial charge in [-0.2, -0.15) is 8.42 Å². The molecule has 0 atom stereocenters. The van der Waals surface area contributed by atoms with E-state index in [-0.39, 0.29) is 4.90 Å². The molecule has 0 bridgehead atoms. The number of halogens is 2. The van der Waals surface area contributed by atoms with Crippen LogP contribution in [-0.2, 0) is 10.1 Å². The lowest BCUT2D eigenvalue weighted by molar-refractivity contribution is 0.431. The van der Waals surface area contributed by atoms with Crippen molar-refractivity contribution >= 4 is 42.0 Å². The van der Waals surface area contributed by atoms with Crippen molar-refractivity contribution in [2.45, 2.75) is 25.7 Å². The maximum absolute atomic E-state index is 10.9. The third-order valence-electron chi connectivity index (χ3n) is 2.78. The molecule has 0 unspecified atom stereocenters. The summed E-state index contributed by atoms with van der Waals surface area (Å²) < 4.78 is 32.9. The van der Waals surface area contributed by atoms with Gasteiger partial charge in [-0.3, -0.25) is 4.55 Å². The van der Waals surface area contributed by atoms with Gasteiger partial charge in [0.25, 0.3) is 10.1 Å². The Kier molecular flexibility index (Phi) is 6.82. The van der Waals surface area contributed by atoms with Crippen molar-refractivity contribution in [3.05, 3.63) is 50.1 Å². The van der Waals surface area contributed by atoms with E-state index >= 15 is 0 Å². The van der Waals surface area contributed by atoms with Gasteiger partial charge in [0.15, 0.2) is 0 Å². The first kappa shape index (κ1) is 19.4. The molecule has 1 aromatic rings. The molecule has 0 radical (unpaired) electrons. The monoisotopic (exact) mass is 452 g/mol. The van der Waals surface area contributed by atoms with Gasteiger partial charge < -0.3 is 5.01 Å². The third-order valence-corrected chi connectivity index (χ3v) is 4.85. The largest absolute Gasteiger partial charge is 0.312 e. The minimum absolute atomic E-state index is 0.0260. The second-order valence-corrected chi connectivity index (χ2v) is 8.27. The van der Waals surface area contributed by atoms with Crippen LogP contribution in [0, 0.1) is 20.8 Å². The molecular formula is C14H18Br2N2O3S. The van der Waals surface area contributed by atoms with Crippen LogP contribution < -0.4 is 5.84 Å². The zero-order chi connectivity index (χ0) is 17.1. The molecule has 0 fully saturated rings. The number of rotatable bonds is 1. The van der Waals surface area contributed by atoms with Crippen LogP contribution in [0.4, 0.5) is 0 Å². The Balaban J connectivity index is 0.000000235. The van der Waals surface area contributed by atoms with Crippen LogP contribution in [0.2, 0.25) is 0 Å². The fourth-order valence-electron chi connectivity index (χ4n) is 2.18. The van der Waals surface area contributed by atoms with Gasteiger partial charge in [0, 0.05) is 15.2 Å². The Morgan fingerprint density at radius 3 is 2.05 bits per heavy atom. The summed E-state index contributed by atoms with van der Waals surface area (Å²) >= 11 is 6.64. The van der Waals surface area contributed by atoms with Crippen LogP contribution in [0.5, 0.6) is 0 Å². The van der Waals surface area contributed by atoms with E-state index in [1.807, 2.05) is 19.2 Å². The second kappa shape index (κ2) is 7.74. The highest BCUT2D eigenvalue weighted by atomic mass is 79.9. The molecule has 0 saturated heterocycles. The number of nitrogens with zero attached hydrogens (tertiary/aromatic N) is 1. The van der Waals surface area contributed by atoms with Gasteiger partial charge in [-0.05, 0) is 53.9 Å². The summed E-state index contributed by atoms with van der Waals surface area (Å²) in [6, 6.07) is 3.46. The molecule has 5 nitrogen and oxygen atoms in total. The number of hydrogen-bond donors (Lipinski definition) is 2. The first-order valence-electron chi connectivity index (χ1n) is 6.30. The van der Waals surface area contributed by atoms with E-state index in [0.717, 1.165) is 21.1 Å². The molecule has 1 heterocycles. The molecule has 0 aliphatic carbocycles. The summed E-state index contributed by atoms with van der Waals surface area (Å²) in [6.45, 7) is 5.97. The Labute approximate surface area is 147 Å². The first-order valence-corrected chi connectivity index (χ1v) is 9.33. The molecule has 1 aliphatic rings. The normalized spacial score (nSPS) is 14.8. The molecule has 22 heavy (non-hydrogen) atoms. The summed E-state index contributed by atoms with van der Waals surface area (Å²) in [6.07, 6.45) is 3.80. The van der Waals surface area contributed by atoms with Gasteiger partial charge in [-0.15, -0.1) is 0 Å². The summed E-state index contributed by atoms with van der Waals surface area (Å²) in [5.74, 6) is 5.47. The van der Waals surface area contributed by atoms with Gasteiger partial charge >= 0.3 is 0 Å². The Bertz CT molecular complexity index is 705. The predicted molar refractivity (Wildman–Crippen MR) is 95.4 cm³/mol. The molecule has 0 amide bonds. The fourth-order valence-corrected chi connectivity index (χ4v) is 4.50. The van der Waals surface area contributed by atoms with E-state index < -0.39 is 10.1 Å². The third kappa shape index (κ3) is 5.85. The number of hydrogen-bond acceptors (Lipinski definition) is 4. The SMILES string of the molecule is Cc1cc(C)c(S(=O)(=O)O)c(C)c1.NN1C=C(Br)C=C(Br)C1. The van der Waals surface area contributed by atoms with Crippen molar-refractivity contribution in [1.29, 1.82) is 0 Å². The summed E-state index contributed by atoms with van der Waals surface area (Å²) in [4.78, 5) is 0.0260. The number of aryl methyl sites for hydroxylation is 3. The maximum Gasteiger partial charge on any atom is 0.295 e. The van der Waals surface area contributed by atoms with E-state index in [1.165, 1.54) is 0 Å². The van der Waals surface area contributed by atoms with Crippen LogP contribution in [-0.4, -0.2) is 24.5 Å².